The van der Waals surface area contributed by atoms with E-state index in [1.54, 1.807) is 23.6 Å². The second kappa shape index (κ2) is 11.5. The molecule has 41 heavy (non-hydrogen) atoms. The molecule has 1 aliphatic carbocycles. The molecule has 2 amide bonds. The van der Waals surface area contributed by atoms with E-state index in [1.807, 2.05) is 62.7 Å². The Morgan fingerprint density at radius 3 is 2.56 bits per heavy atom. The molecular formula is C30H35ClN6O4. The number of amides is 2. The van der Waals surface area contributed by atoms with Crippen LogP contribution in [0.25, 0.3) is 11.6 Å². The summed E-state index contributed by atoms with van der Waals surface area (Å²) in [6.45, 7) is 7.92. The van der Waals surface area contributed by atoms with Crippen molar-refractivity contribution in [3.05, 3.63) is 82.2 Å². The van der Waals surface area contributed by atoms with Crippen LogP contribution in [0.15, 0.2) is 49.1 Å². The second-order valence-corrected chi connectivity index (χ2v) is 11.6. The summed E-state index contributed by atoms with van der Waals surface area (Å²) in [6, 6.07) is 8.97. The number of hydrogen-bond donors (Lipinski definition) is 1. The highest BCUT2D eigenvalue weighted by molar-refractivity contribution is 6.30. The van der Waals surface area contributed by atoms with Crippen LogP contribution < -0.4 is 5.32 Å². The smallest absolute Gasteiger partial charge is 0.410 e. The van der Waals surface area contributed by atoms with Crippen LogP contribution in [0, 0.1) is 0 Å². The van der Waals surface area contributed by atoms with Gasteiger partial charge in [-0.15, -0.1) is 0 Å². The van der Waals surface area contributed by atoms with E-state index >= 15 is 0 Å². The maximum absolute atomic E-state index is 12.8. The monoisotopic (exact) mass is 578 g/mol. The fourth-order valence-corrected chi connectivity index (χ4v) is 5.59. The van der Waals surface area contributed by atoms with Gasteiger partial charge >= 0.3 is 12.2 Å². The minimum Gasteiger partial charge on any atom is -0.453 e. The Bertz CT molecular complexity index is 1470. The maximum Gasteiger partial charge on any atom is 0.410 e. The number of aromatic nitrogens is 3. The lowest BCUT2D eigenvalue weighted by Gasteiger charge is -2.40. The van der Waals surface area contributed by atoms with Crippen molar-refractivity contribution < 1.29 is 19.1 Å². The van der Waals surface area contributed by atoms with Gasteiger partial charge in [-0.3, -0.25) is 9.88 Å². The summed E-state index contributed by atoms with van der Waals surface area (Å²) in [6.07, 6.45) is 6.41. The fraction of sp³-hybridized carbons (Fsp3) is 0.400. The third-order valence-electron chi connectivity index (χ3n) is 7.30. The average molecular weight is 579 g/mol. The molecule has 216 valence electrons. The number of imidazole rings is 1. The van der Waals surface area contributed by atoms with E-state index in [4.69, 9.17) is 26.1 Å². The topological polar surface area (TPSA) is 102 Å². The second-order valence-electron chi connectivity index (χ2n) is 11.2. The Kier molecular flexibility index (Phi) is 8.06. The Morgan fingerprint density at radius 1 is 1.15 bits per heavy atom. The number of halogens is 1. The minimum atomic E-state index is -0.581. The van der Waals surface area contributed by atoms with E-state index < -0.39 is 17.7 Å². The molecule has 3 aromatic rings. The van der Waals surface area contributed by atoms with E-state index in [0.29, 0.717) is 31.2 Å². The molecule has 11 heteroatoms. The van der Waals surface area contributed by atoms with Crippen LogP contribution in [0.4, 0.5) is 9.59 Å². The molecule has 0 bridgehead atoms. The Labute approximate surface area is 244 Å². The lowest BCUT2D eigenvalue weighted by molar-refractivity contribution is 0.0118. The third kappa shape index (κ3) is 6.08. The van der Waals surface area contributed by atoms with Gasteiger partial charge in [0.15, 0.2) is 0 Å². The Hall–Kier alpha value is -3.89. The molecule has 2 atom stereocenters. The van der Waals surface area contributed by atoms with Gasteiger partial charge in [-0.1, -0.05) is 23.7 Å². The van der Waals surface area contributed by atoms with Crippen LogP contribution in [-0.2, 0) is 16.5 Å². The molecule has 0 saturated carbocycles. The number of methoxy groups -OCH3 is 1. The van der Waals surface area contributed by atoms with Crippen LogP contribution >= 0.6 is 11.6 Å². The van der Waals surface area contributed by atoms with E-state index in [-0.39, 0.29) is 12.1 Å². The van der Waals surface area contributed by atoms with E-state index in [2.05, 4.69) is 21.3 Å². The summed E-state index contributed by atoms with van der Waals surface area (Å²) in [5, 5.41) is 3.58. The quantitative estimate of drug-likeness (QED) is 0.461. The first-order valence-electron chi connectivity index (χ1n) is 13.5. The summed E-state index contributed by atoms with van der Waals surface area (Å²) in [5.41, 5.74) is 4.76. The highest BCUT2D eigenvalue weighted by Crippen LogP contribution is 2.44. The minimum absolute atomic E-state index is 0.210. The van der Waals surface area contributed by atoms with Crippen molar-refractivity contribution in [1.82, 2.24) is 29.7 Å². The molecule has 2 unspecified atom stereocenters. The zero-order chi connectivity index (χ0) is 29.3. The standard InChI is InChI=1S/C30H35ClN6O4/c1-30(2,3)41-29(39)37-13-11-36(12-14-37)27-21-9-8-20(31)16-22(21)23(15-19-7-6-10-33-25(19)27)26(34-28(38)40-5)24-17-32-18-35(24)4/h6-10,15-18,26-27H,11-14H2,1-5H3,(H,34,38). The number of rotatable bonds is 4. The molecule has 1 aliphatic heterocycles. The van der Waals surface area contributed by atoms with Gasteiger partial charge in [-0.25, -0.2) is 14.6 Å². The van der Waals surface area contributed by atoms with Gasteiger partial charge in [0.05, 0.1) is 43.1 Å². The van der Waals surface area contributed by atoms with Gasteiger partial charge in [0.2, 0.25) is 0 Å². The lowest BCUT2D eigenvalue weighted by atomic mass is 9.90. The number of piperazine rings is 1. The van der Waals surface area contributed by atoms with Crippen LogP contribution in [0.3, 0.4) is 0 Å². The van der Waals surface area contributed by atoms with Crippen LogP contribution in [0.2, 0.25) is 5.02 Å². The van der Waals surface area contributed by atoms with Crippen molar-refractivity contribution in [3.8, 4) is 0 Å². The average Bonchev–Trinajstić information content (AvgIpc) is 3.30. The molecule has 10 nitrogen and oxygen atoms in total. The number of nitrogens with zero attached hydrogens (tertiary/aromatic N) is 5. The van der Waals surface area contributed by atoms with Gasteiger partial charge in [0, 0.05) is 44.4 Å². The Balaban J connectivity index is 1.58. The number of nitrogens with one attached hydrogen (secondary N) is 1. The van der Waals surface area contributed by atoms with Crippen molar-refractivity contribution in [2.45, 2.75) is 38.5 Å². The van der Waals surface area contributed by atoms with Crippen LogP contribution in [-0.4, -0.2) is 75.4 Å². The number of ether oxygens (including phenoxy) is 2. The van der Waals surface area contributed by atoms with Crippen LogP contribution in [0.1, 0.15) is 60.9 Å². The largest absolute Gasteiger partial charge is 0.453 e. The van der Waals surface area contributed by atoms with E-state index in [0.717, 1.165) is 33.7 Å². The van der Waals surface area contributed by atoms with Gasteiger partial charge in [0.1, 0.15) is 5.60 Å². The molecule has 1 fully saturated rings. The number of pyridine rings is 1. The van der Waals surface area contributed by atoms with Gasteiger partial charge in [0.25, 0.3) is 0 Å². The zero-order valence-electron chi connectivity index (χ0n) is 23.9. The number of hydrogen-bond acceptors (Lipinski definition) is 7. The molecule has 0 spiro atoms. The normalized spacial score (nSPS) is 18.0. The zero-order valence-corrected chi connectivity index (χ0v) is 24.7. The number of benzene rings is 1. The first-order chi connectivity index (χ1) is 19.6. The summed E-state index contributed by atoms with van der Waals surface area (Å²) in [4.78, 5) is 38.6. The predicted molar refractivity (Wildman–Crippen MR) is 156 cm³/mol. The molecule has 2 aliphatic rings. The molecule has 1 N–H and O–H groups in total. The van der Waals surface area contributed by atoms with Crippen molar-refractivity contribution >= 4 is 35.4 Å². The number of carbonyl (C=O) groups is 2. The molecule has 5 rings (SSSR count). The van der Waals surface area contributed by atoms with Crippen molar-refractivity contribution in [3.63, 3.8) is 0 Å². The Morgan fingerprint density at radius 2 is 1.90 bits per heavy atom. The van der Waals surface area contributed by atoms with E-state index in [1.165, 1.54) is 7.11 Å². The highest BCUT2D eigenvalue weighted by Gasteiger charge is 2.36. The highest BCUT2D eigenvalue weighted by atomic mass is 35.5. The number of alkyl carbamates (subject to hydrolysis) is 1. The molecule has 2 aromatic heterocycles. The maximum atomic E-state index is 12.8. The molecular weight excluding hydrogens is 544 g/mol. The third-order valence-corrected chi connectivity index (χ3v) is 7.54. The summed E-state index contributed by atoms with van der Waals surface area (Å²) in [5.74, 6) is 0. The predicted octanol–water partition coefficient (Wildman–Crippen LogP) is 5.06. The molecule has 0 radical (unpaired) electrons. The van der Waals surface area contributed by atoms with Crippen LogP contribution in [0.5, 0.6) is 0 Å². The summed E-state index contributed by atoms with van der Waals surface area (Å²) < 4.78 is 12.5. The number of aryl methyl sites for hydroxylation is 1. The number of fused-ring (bicyclic) bond motifs is 2. The summed E-state index contributed by atoms with van der Waals surface area (Å²) in [7, 11) is 3.22. The van der Waals surface area contributed by atoms with Crippen molar-refractivity contribution in [1.29, 1.82) is 0 Å². The molecule has 1 aromatic carbocycles. The fourth-order valence-electron chi connectivity index (χ4n) is 5.42. The van der Waals surface area contributed by atoms with E-state index in [9.17, 15) is 9.59 Å². The first-order valence-corrected chi connectivity index (χ1v) is 13.9. The number of carbonyl (C=O) groups excluding carboxylic acids is 2. The van der Waals surface area contributed by atoms with Gasteiger partial charge in [-0.05, 0) is 67.3 Å². The first kappa shape index (κ1) is 28.6. The molecule has 3 heterocycles. The lowest BCUT2D eigenvalue weighted by Crippen LogP contribution is -2.51. The molecule has 1 saturated heterocycles. The van der Waals surface area contributed by atoms with Crippen molar-refractivity contribution in [2.24, 2.45) is 7.05 Å². The SMILES string of the molecule is COC(=O)NC(C1=Cc2cccnc2C(N2CCN(C(=O)OC(C)(C)C)CC2)c2ccc(Cl)cc21)c1cncn1C. The summed E-state index contributed by atoms with van der Waals surface area (Å²) >= 11 is 6.60. The van der Waals surface area contributed by atoms with Gasteiger partial charge in [-0.2, -0.15) is 0 Å². The van der Waals surface area contributed by atoms with Crippen molar-refractivity contribution in [2.75, 3.05) is 33.3 Å². The van der Waals surface area contributed by atoms with Gasteiger partial charge < -0.3 is 24.3 Å².